The second-order valence-corrected chi connectivity index (χ2v) is 9.71. The van der Waals surface area contributed by atoms with Crippen molar-refractivity contribution in [3.05, 3.63) is 39.9 Å². The van der Waals surface area contributed by atoms with Gasteiger partial charge in [-0.25, -0.2) is 18.6 Å². The first-order valence-corrected chi connectivity index (χ1v) is 10.9. The fraction of sp³-hybridized carbons (Fsp3) is 0.389. The van der Waals surface area contributed by atoms with Crippen LogP contribution in [0.3, 0.4) is 0 Å². The summed E-state index contributed by atoms with van der Waals surface area (Å²) in [4.78, 5) is 24.4. The average molecular weight is 456 g/mol. The van der Waals surface area contributed by atoms with Crippen LogP contribution in [-0.4, -0.2) is 37.5 Å². The van der Waals surface area contributed by atoms with Crippen molar-refractivity contribution in [2.75, 3.05) is 12.4 Å². The van der Waals surface area contributed by atoms with Crippen molar-refractivity contribution < 1.29 is 22.9 Å². The van der Waals surface area contributed by atoms with Gasteiger partial charge in [-0.2, -0.15) is 0 Å². The zero-order valence-electron chi connectivity index (χ0n) is 16.4. The number of ether oxygens (including phenoxy) is 1. The standard InChI is InChI=1S/C18H20ClN4O6S/c1-18(2,3)29-17(24)21-22-30(27,28)11-4-5-12-13(6-11)15(23(25)26)7-14-16(12)10(8-19)9-20-14/h4-7,10,22H,8-9H2,1-3H3,(H,21,24). The lowest BCUT2D eigenvalue weighted by molar-refractivity contribution is -0.383. The molecule has 0 fully saturated rings. The lowest BCUT2D eigenvalue weighted by atomic mass is 9.95. The fourth-order valence-electron chi connectivity index (χ4n) is 3.17. The third-order valence-electron chi connectivity index (χ3n) is 4.38. The number of halogens is 1. The van der Waals surface area contributed by atoms with E-state index in [2.05, 4.69) is 5.32 Å². The monoisotopic (exact) mass is 455 g/mol. The van der Waals surface area contributed by atoms with Crippen LogP contribution >= 0.6 is 11.6 Å². The molecule has 2 aromatic carbocycles. The number of nitrogens with one attached hydrogen (secondary N) is 2. The first-order chi connectivity index (χ1) is 13.9. The Labute approximate surface area is 178 Å². The van der Waals surface area contributed by atoms with Gasteiger partial charge in [0.25, 0.3) is 15.7 Å². The van der Waals surface area contributed by atoms with Crippen LogP contribution in [0.1, 0.15) is 32.3 Å². The number of nitro groups is 1. The van der Waals surface area contributed by atoms with E-state index < -0.39 is 26.6 Å². The van der Waals surface area contributed by atoms with Crippen LogP contribution in [0.25, 0.3) is 10.8 Å². The Hall–Kier alpha value is -2.63. The van der Waals surface area contributed by atoms with Crippen LogP contribution in [0, 0.1) is 10.1 Å². The number of rotatable bonds is 5. The van der Waals surface area contributed by atoms with Gasteiger partial charge in [-0.15, -0.1) is 16.4 Å². The number of amides is 1. The van der Waals surface area contributed by atoms with E-state index in [4.69, 9.17) is 16.3 Å². The lowest BCUT2D eigenvalue weighted by Crippen LogP contribution is -2.44. The molecule has 3 rings (SSSR count). The number of fused-ring (bicyclic) bond motifs is 3. The number of non-ortho nitro benzene ring substituents is 1. The SMILES string of the molecule is CC(C)(C)OC(=O)NNS(=O)(=O)c1ccc2c3c(cc([N+](=O)[O-])c2c1)[N]CC3CCl. The van der Waals surface area contributed by atoms with Crippen LogP contribution in [-0.2, 0) is 14.8 Å². The van der Waals surface area contributed by atoms with E-state index in [9.17, 15) is 23.3 Å². The van der Waals surface area contributed by atoms with Crippen molar-refractivity contribution in [1.82, 2.24) is 15.6 Å². The number of carbonyl (C=O) groups excluding carboxylic acids is 1. The van der Waals surface area contributed by atoms with Gasteiger partial charge in [0.2, 0.25) is 0 Å². The number of hydrazine groups is 1. The van der Waals surface area contributed by atoms with Crippen molar-refractivity contribution in [2.24, 2.45) is 0 Å². The summed E-state index contributed by atoms with van der Waals surface area (Å²) < 4.78 is 30.2. The predicted molar refractivity (Wildman–Crippen MR) is 110 cm³/mol. The summed E-state index contributed by atoms with van der Waals surface area (Å²) in [5.41, 5.74) is 2.12. The van der Waals surface area contributed by atoms with Crippen molar-refractivity contribution in [3.8, 4) is 0 Å². The molecule has 0 spiro atoms. The molecule has 2 N–H and O–H groups in total. The summed E-state index contributed by atoms with van der Waals surface area (Å²) in [5, 5.41) is 16.6. The summed E-state index contributed by atoms with van der Waals surface area (Å²) in [7, 11) is -4.21. The Balaban J connectivity index is 2.00. The number of nitrogens with zero attached hydrogens (tertiary/aromatic N) is 2. The summed E-state index contributed by atoms with van der Waals surface area (Å²) in [5.74, 6) is 0.171. The maximum atomic E-state index is 12.6. The molecule has 1 radical (unpaired) electrons. The third-order valence-corrected chi connectivity index (χ3v) is 5.99. The maximum Gasteiger partial charge on any atom is 0.423 e. The van der Waals surface area contributed by atoms with Crippen LogP contribution < -0.4 is 15.6 Å². The highest BCUT2D eigenvalue weighted by atomic mass is 35.5. The highest BCUT2D eigenvalue weighted by Gasteiger charge is 2.30. The van der Waals surface area contributed by atoms with Gasteiger partial charge >= 0.3 is 6.09 Å². The Bertz CT molecular complexity index is 1130. The second-order valence-electron chi connectivity index (χ2n) is 7.72. The quantitative estimate of drug-likeness (QED) is 0.403. The molecule has 10 nitrogen and oxygen atoms in total. The van der Waals surface area contributed by atoms with Crippen molar-refractivity contribution in [3.63, 3.8) is 0 Å². The summed E-state index contributed by atoms with van der Waals surface area (Å²) >= 11 is 6.01. The molecule has 12 heteroatoms. The number of sulfonamides is 1. The number of nitro benzene ring substituents is 1. The number of alkyl halides is 1. The van der Waals surface area contributed by atoms with Crippen LogP contribution in [0.5, 0.6) is 0 Å². The number of hydrogen-bond donors (Lipinski definition) is 2. The van der Waals surface area contributed by atoms with Gasteiger partial charge in [-0.3, -0.25) is 15.4 Å². The van der Waals surface area contributed by atoms with E-state index in [0.29, 0.717) is 17.6 Å². The molecule has 1 aliphatic rings. The summed E-state index contributed by atoms with van der Waals surface area (Å²) in [6, 6.07) is 5.31. The molecule has 0 saturated carbocycles. The van der Waals surface area contributed by atoms with E-state index in [1.807, 2.05) is 10.3 Å². The van der Waals surface area contributed by atoms with Gasteiger partial charge in [0, 0.05) is 24.4 Å². The number of carbonyl (C=O) groups is 1. The Morgan fingerprint density at radius 3 is 2.63 bits per heavy atom. The highest BCUT2D eigenvalue weighted by molar-refractivity contribution is 7.89. The third kappa shape index (κ3) is 4.42. The molecule has 0 bridgehead atoms. The van der Waals surface area contributed by atoms with E-state index in [1.54, 1.807) is 20.8 Å². The molecule has 1 unspecified atom stereocenters. The van der Waals surface area contributed by atoms with E-state index in [-0.39, 0.29) is 27.8 Å². The average Bonchev–Trinajstić information content (AvgIpc) is 3.07. The van der Waals surface area contributed by atoms with Gasteiger partial charge in [0.1, 0.15) is 5.60 Å². The Morgan fingerprint density at radius 2 is 2.03 bits per heavy atom. The lowest BCUT2D eigenvalue weighted by Gasteiger charge is -2.19. The maximum absolute atomic E-state index is 12.6. The normalized spacial score (nSPS) is 16.1. The molecule has 0 aliphatic carbocycles. The topological polar surface area (TPSA) is 142 Å². The first kappa shape index (κ1) is 22.1. The number of hydrogen-bond acceptors (Lipinski definition) is 6. The molecular formula is C18H20ClN4O6S. The second kappa shape index (κ2) is 7.89. The smallest absolute Gasteiger partial charge is 0.423 e. The Kier molecular flexibility index (Phi) is 5.81. The molecule has 1 atom stereocenters. The van der Waals surface area contributed by atoms with E-state index >= 15 is 0 Å². The van der Waals surface area contributed by atoms with Crippen LogP contribution in [0.2, 0.25) is 0 Å². The first-order valence-electron chi connectivity index (χ1n) is 8.92. The highest BCUT2D eigenvalue weighted by Crippen LogP contribution is 2.43. The predicted octanol–water partition coefficient (Wildman–Crippen LogP) is 3.04. The zero-order chi connectivity index (χ0) is 22.3. The molecule has 30 heavy (non-hydrogen) atoms. The molecule has 1 heterocycles. The van der Waals surface area contributed by atoms with Gasteiger partial charge < -0.3 is 4.74 Å². The molecule has 2 aromatic rings. The Morgan fingerprint density at radius 1 is 1.33 bits per heavy atom. The zero-order valence-corrected chi connectivity index (χ0v) is 18.0. The molecule has 0 aromatic heterocycles. The molecular weight excluding hydrogens is 436 g/mol. The van der Waals surface area contributed by atoms with Gasteiger partial charge in [0.05, 0.1) is 20.9 Å². The molecule has 1 aliphatic heterocycles. The van der Waals surface area contributed by atoms with Gasteiger partial charge in [-0.1, -0.05) is 6.07 Å². The van der Waals surface area contributed by atoms with Crippen molar-refractivity contribution in [1.29, 1.82) is 0 Å². The van der Waals surface area contributed by atoms with Crippen molar-refractivity contribution >= 4 is 49.9 Å². The minimum absolute atomic E-state index is 0.112. The minimum atomic E-state index is -4.21. The number of benzene rings is 2. The van der Waals surface area contributed by atoms with Gasteiger partial charge in [-0.05, 0) is 43.9 Å². The van der Waals surface area contributed by atoms with E-state index in [1.165, 1.54) is 24.3 Å². The van der Waals surface area contributed by atoms with Crippen LogP contribution in [0.4, 0.5) is 16.2 Å². The molecule has 1 amide bonds. The van der Waals surface area contributed by atoms with Crippen molar-refractivity contribution in [2.45, 2.75) is 37.2 Å². The molecule has 0 saturated heterocycles. The van der Waals surface area contributed by atoms with Crippen LogP contribution in [0.15, 0.2) is 29.2 Å². The summed E-state index contributed by atoms with van der Waals surface area (Å²) in [6.45, 7) is 5.30. The van der Waals surface area contributed by atoms with E-state index in [0.717, 1.165) is 5.56 Å². The van der Waals surface area contributed by atoms with Gasteiger partial charge in [0.15, 0.2) is 0 Å². The fourth-order valence-corrected chi connectivity index (χ4v) is 4.28. The largest absolute Gasteiger partial charge is 0.443 e. The summed E-state index contributed by atoms with van der Waals surface area (Å²) in [6.07, 6.45) is -0.984. The minimum Gasteiger partial charge on any atom is -0.443 e. The molecule has 161 valence electrons.